The Morgan fingerprint density at radius 1 is 1.07 bits per heavy atom. The van der Waals surface area contributed by atoms with Crippen molar-refractivity contribution in [2.75, 3.05) is 0 Å². The van der Waals surface area contributed by atoms with Gasteiger partial charge in [0.2, 0.25) is 0 Å². The summed E-state index contributed by atoms with van der Waals surface area (Å²) in [4.78, 5) is 22.3. The van der Waals surface area contributed by atoms with Crippen LogP contribution in [0.4, 0.5) is 0 Å². The van der Waals surface area contributed by atoms with Crippen molar-refractivity contribution in [2.24, 2.45) is 0 Å². The van der Waals surface area contributed by atoms with E-state index in [9.17, 15) is 4.79 Å². The molecule has 0 aliphatic carbocycles. The molecule has 0 spiro atoms. The van der Waals surface area contributed by atoms with Crippen molar-refractivity contribution in [3.05, 3.63) is 94.7 Å². The minimum Gasteiger partial charge on any atom is -0.345 e. The van der Waals surface area contributed by atoms with Gasteiger partial charge in [-0.25, -0.2) is 4.98 Å². The second-order valence-corrected chi connectivity index (χ2v) is 7.72. The maximum absolute atomic E-state index is 13.3. The number of nitrogens with zero attached hydrogens (tertiary/aromatic N) is 2. The van der Waals surface area contributed by atoms with E-state index in [0.717, 1.165) is 38.6 Å². The van der Waals surface area contributed by atoms with Crippen LogP contribution in [0.2, 0.25) is 0 Å². The molecular weight excluding hydrogens is 426 g/mol. The Labute approximate surface area is 178 Å². The lowest BCUT2D eigenvalue weighted by atomic mass is 10.0. The fraction of sp³-hybridized carbons (Fsp3) is 0.125. The third-order valence-corrected chi connectivity index (χ3v) is 5.38. The molecule has 4 nitrogen and oxygen atoms in total. The molecule has 2 aromatic carbocycles. The average Bonchev–Trinajstić information content (AvgIpc) is 2.77. The molecule has 5 heteroatoms. The van der Waals surface area contributed by atoms with Crippen LogP contribution < -0.4 is 5.32 Å². The Morgan fingerprint density at radius 2 is 1.90 bits per heavy atom. The number of hydrogen-bond donors (Lipinski definition) is 1. The van der Waals surface area contributed by atoms with Gasteiger partial charge in [-0.1, -0.05) is 53.2 Å². The van der Waals surface area contributed by atoms with Crippen molar-refractivity contribution in [2.45, 2.75) is 19.4 Å². The summed E-state index contributed by atoms with van der Waals surface area (Å²) in [6.45, 7) is 2.07. The Bertz CT molecular complexity index is 1150. The molecule has 0 aliphatic heterocycles. The SMILES string of the molecule is CC[C@@H](NC(=O)c1cc(-c2cccnc2)nc2ccc(Br)cc12)c1ccccc1. The highest BCUT2D eigenvalue weighted by atomic mass is 79.9. The van der Waals surface area contributed by atoms with Crippen LogP contribution in [-0.4, -0.2) is 15.9 Å². The van der Waals surface area contributed by atoms with E-state index in [1.165, 1.54) is 0 Å². The molecule has 1 N–H and O–H groups in total. The molecule has 1 atom stereocenters. The van der Waals surface area contributed by atoms with Crippen molar-refractivity contribution in [3.63, 3.8) is 0 Å². The van der Waals surface area contributed by atoms with E-state index in [2.05, 4.69) is 33.2 Å². The second kappa shape index (κ2) is 8.53. The summed E-state index contributed by atoms with van der Waals surface area (Å²) >= 11 is 3.51. The normalized spacial score (nSPS) is 11.9. The lowest BCUT2D eigenvalue weighted by molar-refractivity contribution is 0.0937. The first-order valence-corrected chi connectivity index (χ1v) is 10.3. The van der Waals surface area contributed by atoms with Gasteiger partial charge < -0.3 is 5.32 Å². The van der Waals surface area contributed by atoms with Crippen LogP contribution in [0.5, 0.6) is 0 Å². The summed E-state index contributed by atoms with van der Waals surface area (Å²) in [5, 5.41) is 4.00. The van der Waals surface area contributed by atoms with Gasteiger partial charge in [-0.05, 0) is 48.4 Å². The zero-order chi connectivity index (χ0) is 20.2. The van der Waals surface area contributed by atoms with Gasteiger partial charge in [0.15, 0.2) is 0 Å². The highest BCUT2D eigenvalue weighted by Crippen LogP contribution is 2.28. The van der Waals surface area contributed by atoms with Crippen LogP contribution >= 0.6 is 15.9 Å². The molecule has 144 valence electrons. The van der Waals surface area contributed by atoms with E-state index in [0.29, 0.717) is 5.56 Å². The van der Waals surface area contributed by atoms with Gasteiger partial charge in [0, 0.05) is 27.8 Å². The van der Waals surface area contributed by atoms with Crippen LogP contribution in [0, 0.1) is 0 Å². The number of fused-ring (bicyclic) bond motifs is 1. The topological polar surface area (TPSA) is 54.9 Å². The van der Waals surface area contributed by atoms with E-state index in [-0.39, 0.29) is 11.9 Å². The Hall–Kier alpha value is -3.05. The van der Waals surface area contributed by atoms with Crippen molar-refractivity contribution in [1.29, 1.82) is 0 Å². The highest BCUT2D eigenvalue weighted by molar-refractivity contribution is 9.10. The van der Waals surface area contributed by atoms with E-state index >= 15 is 0 Å². The van der Waals surface area contributed by atoms with Crippen LogP contribution in [0.3, 0.4) is 0 Å². The second-order valence-electron chi connectivity index (χ2n) is 6.80. The molecule has 4 rings (SSSR count). The third kappa shape index (κ3) is 4.20. The van der Waals surface area contributed by atoms with E-state index in [1.807, 2.05) is 66.7 Å². The number of amides is 1. The maximum Gasteiger partial charge on any atom is 0.252 e. The molecule has 0 unspecified atom stereocenters. The predicted molar refractivity (Wildman–Crippen MR) is 120 cm³/mol. The molecule has 0 radical (unpaired) electrons. The third-order valence-electron chi connectivity index (χ3n) is 4.89. The molecule has 1 amide bonds. The lowest BCUT2D eigenvalue weighted by Crippen LogP contribution is -2.28. The summed E-state index contributed by atoms with van der Waals surface area (Å²) < 4.78 is 0.907. The van der Waals surface area contributed by atoms with E-state index in [4.69, 9.17) is 4.98 Å². The Morgan fingerprint density at radius 3 is 2.62 bits per heavy atom. The molecule has 0 aliphatic rings. The number of halogens is 1. The predicted octanol–water partition coefficient (Wildman–Crippen LogP) is 5.94. The number of benzene rings is 2. The van der Waals surface area contributed by atoms with Gasteiger partial charge in [0.05, 0.1) is 22.8 Å². The Kier molecular flexibility index (Phi) is 5.67. The Balaban J connectivity index is 1.78. The summed E-state index contributed by atoms with van der Waals surface area (Å²) in [6.07, 6.45) is 4.28. The van der Waals surface area contributed by atoms with Crippen molar-refractivity contribution in [3.8, 4) is 11.3 Å². The number of hydrogen-bond acceptors (Lipinski definition) is 3. The van der Waals surface area contributed by atoms with Crippen LogP contribution in [0.1, 0.15) is 35.3 Å². The zero-order valence-corrected chi connectivity index (χ0v) is 17.6. The van der Waals surface area contributed by atoms with Gasteiger partial charge in [-0.15, -0.1) is 0 Å². The molecule has 2 heterocycles. The molecule has 29 heavy (non-hydrogen) atoms. The van der Waals surface area contributed by atoms with Gasteiger partial charge in [-0.3, -0.25) is 9.78 Å². The van der Waals surface area contributed by atoms with Crippen LogP contribution in [-0.2, 0) is 0 Å². The first-order valence-electron chi connectivity index (χ1n) is 9.52. The molecule has 4 aromatic rings. The minimum absolute atomic E-state index is 0.0547. The average molecular weight is 446 g/mol. The largest absolute Gasteiger partial charge is 0.345 e. The monoisotopic (exact) mass is 445 g/mol. The number of nitrogens with one attached hydrogen (secondary N) is 1. The van der Waals surface area contributed by atoms with Gasteiger partial charge in [-0.2, -0.15) is 0 Å². The lowest BCUT2D eigenvalue weighted by Gasteiger charge is -2.18. The first kappa shape index (κ1) is 19.3. The van der Waals surface area contributed by atoms with Crippen molar-refractivity contribution < 1.29 is 4.79 Å². The van der Waals surface area contributed by atoms with Crippen LogP contribution in [0.25, 0.3) is 22.2 Å². The highest BCUT2D eigenvalue weighted by Gasteiger charge is 2.18. The first-order chi connectivity index (χ1) is 14.2. The molecular formula is C24H20BrN3O. The van der Waals surface area contributed by atoms with Gasteiger partial charge in [0.1, 0.15) is 0 Å². The maximum atomic E-state index is 13.3. The van der Waals surface area contributed by atoms with Gasteiger partial charge >= 0.3 is 0 Å². The number of aromatic nitrogens is 2. The summed E-state index contributed by atoms with van der Waals surface area (Å²) in [5.41, 5.74) is 4.07. The number of carbonyl (C=O) groups is 1. The number of pyridine rings is 2. The zero-order valence-electron chi connectivity index (χ0n) is 16.0. The number of carbonyl (C=O) groups excluding carboxylic acids is 1. The molecule has 0 fully saturated rings. The number of rotatable bonds is 5. The molecule has 0 bridgehead atoms. The van der Waals surface area contributed by atoms with Gasteiger partial charge in [0.25, 0.3) is 5.91 Å². The summed E-state index contributed by atoms with van der Waals surface area (Å²) in [6, 6.07) is 21.4. The van der Waals surface area contributed by atoms with Crippen molar-refractivity contribution >= 4 is 32.7 Å². The summed E-state index contributed by atoms with van der Waals surface area (Å²) in [5.74, 6) is -0.114. The quantitative estimate of drug-likeness (QED) is 0.413. The molecule has 2 aromatic heterocycles. The van der Waals surface area contributed by atoms with E-state index in [1.54, 1.807) is 12.4 Å². The van der Waals surface area contributed by atoms with Crippen LogP contribution in [0.15, 0.2) is 83.6 Å². The van der Waals surface area contributed by atoms with Crippen molar-refractivity contribution in [1.82, 2.24) is 15.3 Å². The fourth-order valence-corrected chi connectivity index (χ4v) is 3.75. The fourth-order valence-electron chi connectivity index (χ4n) is 3.39. The molecule has 0 saturated heterocycles. The standard InChI is InChI=1S/C24H20BrN3O/c1-2-21(16-7-4-3-5-8-16)28-24(29)20-14-23(17-9-6-12-26-15-17)27-22-11-10-18(25)13-19(20)22/h3-15,21H,2H2,1H3,(H,28,29)/t21-/m1/s1. The van der Waals surface area contributed by atoms with E-state index < -0.39 is 0 Å². The molecule has 0 saturated carbocycles. The smallest absolute Gasteiger partial charge is 0.252 e. The minimum atomic E-state index is -0.114. The summed E-state index contributed by atoms with van der Waals surface area (Å²) in [7, 11) is 0.